The van der Waals surface area contributed by atoms with Crippen LogP contribution in [-0.2, 0) is 20.3 Å². The highest BCUT2D eigenvalue weighted by atomic mass is 32.2. The van der Waals surface area contributed by atoms with E-state index in [4.69, 9.17) is 4.74 Å². The summed E-state index contributed by atoms with van der Waals surface area (Å²) in [5.74, 6) is 1.74. The van der Waals surface area contributed by atoms with Crippen LogP contribution < -0.4 is 0 Å². The van der Waals surface area contributed by atoms with Gasteiger partial charge in [0, 0.05) is 16.6 Å². The number of rotatable bonds is 1. The quantitative estimate of drug-likeness (QED) is 0.660. The van der Waals surface area contributed by atoms with Gasteiger partial charge in [-0.1, -0.05) is 0 Å². The van der Waals surface area contributed by atoms with E-state index < -0.39 is 10.8 Å². The molecule has 1 saturated carbocycles. The van der Waals surface area contributed by atoms with Crippen molar-refractivity contribution in [1.29, 1.82) is 0 Å². The van der Waals surface area contributed by atoms with Gasteiger partial charge in [0.1, 0.15) is 0 Å². The van der Waals surface area contributed by atoms with Crippen LogP contribution in [0.2, 0.25) is 0 Å². The summed E-state index contributed by atoms with van der Waals surface area (Å²) in [6, 6.07) is 0. The second-order valence-corrected chi connectivity index (χ2v) is 7.74. The van der Waals surface area contributed by atoms with Crippen molar-refractivity contribution >= 4 is 28.5 Å². The number of carbonyl (C=O) groups is 1. The maximum Gasteiger partial charge on any atom is 0.308 e. The summed E-state index contributed by atoms with van der Waals surface area (Å²) in [4.78, 5) is 11.4. The summed E-state index contributed by atoms with van der Waals surface area (Å²) in [6.45, 7) is 0. The highest BCUT2D eigenvalue weighted by Crippen LogP contribution is 2.49. The average Bonchev–Trinajstić information content (AvgIpc) is 2.67. The molecule has 15 heavy (non-hydrogen) atoms. The molecule has 1 heterocycles. The van der Waals surface area contributed by atoms with Gasteiger partial charge in [0.05, 0.1) is 17.1 Å². The molecule has 1 aliphatic heterocycles. The summed E-state index contributed by atoms with van der Waals surface area (Å²) in [5.41, 5.74) is 0. The lowest BCUT2D eigenvalue weighted by Crippen LogP contribution is -2.34. The fraction of sp³-hybridized carbons (Fsp3) is 0.900. The smallest absolute Gasteiger partial charge is 0.308 e. The number of hydrogen-bond acceptors (Lipinski definition) is 4. The van der Waals surface area contributed by atoms with Gasteiger partial charge in [0.15, 0.2) is 0 Å². The van der Waals surface area contributed by atoms with Crippen molar-refractivity contribution in [2.24, 2.45) is 5.92 Å². The SMILES string of the molecule is COC(=O)[C@@H]1CC[C@]2(C1)SCCC[S@]2=O. The summed E-state index contributed by atoms with van der Waals surface area (Å²) in [6.07, 6.45) is 3.54. The van der Waals surface area contributed by atoms with Gasteiger partial charge in [0.25, 0.3) is 0 Å². The number of hydrogen-bond donors (Lipinski definition) is 0. The number of esters is 1. The van der Waals surface area contributed by atoms with Gasteiger partial charge in [0.2, 0.25) is 0 Å². The molecule has 1 aliphatic carbocycles. The van der Waals surface area contributed by atoms with Crippen LogP contribution in [0, 0.1) is 5.92 Å². The van der Waals surface area contributed by atoms with Crippen molar-refractivity contribution < 1.29 is 13.7 Å². The van der Waals surface area contributed by atoms with Crippen LogP contribution >= 0.6 is 11.8 Å². The molecule has 3 atom stereocenters. The number of methoxy groups -OCH3 is 1. The minimum absolute atomic E-state index is 0.0236. The first-order chi connectivity index (χ1) is 7.18. The first-order valence-corrected chi connectivity index (χ1v) is 7.59. The Balaban J connectivity index is 2.06. The zero-order chi connectivity index (χ0) is 10.9. The molecule has 0 bridgehead atoms. The van der Waals surface area contributed by atoms with E-state index in [1.54, 1.807) is 11.8 Å². The van der Waals surface area contributed by atoms with Crippen molar-refractivity contribution in [3.05, 3.63) is 0 Å². The van der Waals surface area contributed by atoms with Crippen molar-refractivity contribution in [1.82, 2.24) is 0 Å². The molecule has 1 saturated heterocycles. The van der Waals surface area contributed by atoms with Crippen LogP contribution in [0.1, 0.15) is 25.7 Å². The molecule has 0 unspecified atom stereocenters. The fourth-order valence-electron chi connectivity index (χ4n) is 2.38. The summed E-state index contributed by atoms with van der Waals surface area (Å²) in [7, 11) is 0.671. The van der Waals surface area contributed by atoms with E-state index in [1.165, 1.54) is 7.11 Å². The fourth-order valence-corrected chi connectivity index (χ4v) is 6.34. The third-order valence-electron chi connectivity index (χ3n) is 3.22. The van der Waals surface area contributed by atoms with Crippen molar-refractivity contribution in [3.8, 4) is 0 Å². The summed E-state index contributed by atoms with van der Waals surface area (Å²) >= 11 is 1.80. The van der Waals surface area contributed by atoms with Crippen LogP contribution in [-0.4, -0.2) is 32.9 Å². The summed E-state index contributed by atoms with van der Waals surface area (Å²) < 4.78 is 16.6. The monoisotopic (exact) mass is 248 g/mol. The van der Waals surface area contributed by atoms with Crippen LogP contribution in [0.15, 0.2) is 0 Å². The number of ether oxygens (including phenoxy) is 1. The second kappa shape index (κ2) is 4.45. The lowest BCUT2D eigenvalue weighted by molar-refractivity contribution is -0.145. The molecule has 0 radical (unpaired) electrons. The van der Waals surface area contributed by atoms with Crippen LogP contribution in [0.3, 0.4) is 0 Å². The third kappa shape index (κ3) is 2.09. The van der Waals surface area contributed by atoms with E-state index in [0.29, 0.717) is 0 Å². The molecule has 5 heteroatoms. The molecule has 0 aromatic carbocycles. The molecule has 1 spiro atoms. The molecule has 0 aromatic heterocycles. The van der Waals surface area contributed by atoms with Crippen molar-refractivity contribution in [2.75, 3.05) is 18.6 Å². The van der Waals surface area contributed by atoms with E-state index in [-0.39, 0.29) is 16.0 Å². The standard InChI is InChI=1S/C10H16O3S2/c1-13-9(11)8-3-4-10(7-8)14-5-2-6-15(10)12/h8H,2-7H2,1H3/t8-,10+,15-/m1/s1. The minimum atomic E-state index is -0.758. The van der Waals surface area contributed by atoms with E-state index in [9.17, 15) is 9.00 Å². The van der Waals surface area contributed by atoms with Gasteiger partial charge in [-0.3, -0.25) is 9.00 Å². The maximum absolute atomic E-state index is 12.0. The lowest BCUT2D eigenvalue weighted by Gasteiger charge is -2.31. The van der Waals surface area contributed by atoms with Gasteiger partial charge in [-0.2, -0.15) is 0 Å². The Morgan fingerprint density at radius 3 is 3.07 bits per heavy atom. The molecule has 86 valence electrons. The Kier molecular flexibility index (Phi) is 3.40. The molecule has 3 nitrogen and oxygen atoms in total. The van der Waals surface area contributed by atoms with Crippen molar-refractivity contribution in [2.45, 2.75) is 29.8 Å². The van der Waals surface area contributed by atoms with Crippen LogP contribution in [0.4, 0.5) is 0 Å². The van der Waals surface area contributed by atoms with Gasteiger partial charge < -0.3 is 4.74 Å². The molecule has 2 aliphatic rings. The van der Waals surface area contributed by atoms with Crippen molar-refractivity contribution in [3.63, 3.8) is 0 Å². The molecule has 0 N–H and O–H groups in total. The molecule has 2 rings (SSSR count). The molecule has 0 aromatic rings. The molecule has 0 amide bonds. The van der Waals surface area contributed by atoms with Gasteiger partial charge in [-0.15, -0.1) is 11.8 Å². The molecule has 2 fully saturated rings. The van der Waals surface area contributed by atoms with Gasteiger partial charge in [-0.25, -0.2) is 0 Å². The second-order valence-electron chi connectivity index (χ2n) is 4.13. The highest BCUT2D eigenvalue weighted by molar-refractivity contribution is 8.13. The Bertz CT molecular complexity index is 292. The van der Waals surface area contributed by atoms with E-state index in [0.717, 1.165) is 37.2 Å². The van der Waals surface area contributed by atoms with Crippen LogP contribution in [0.5, 0.6) is 0 Å². The van der Waals surface area contributed by atoms with Gasteiger partial charge in [-0.05, 0) is 31.4 Å². The third-order valence-corrected chi connectivity index (χ3v) is 7.38. The Labute approximate surface area is 96.8 Å². The zero-order valence-electron chi connectivity index (χ0n) is 8.86. The van der Waals surface area contributed by atoms with E-state index in [1.807, 2.05) is 0 Å². The Hall–Kier alpha value is -0.0300. The Morgan fingerprint density at radius 2 is 2.40 bits per heavy atom. The maximum atomic E-state index is 12.0. The summed E-state index contributed by atoms with van der Waals surface area (Å²) in [5, 5.41) is 0. The predicted octanol–water partition coefficient (Wildman–Crippen LogP) is 1.54. The first-order valence-electron chi connectivity index (χ1n) is 5.28. The average molecular weight is 248 g/mol. The molecular formula is C10H16O3S2. The van der Waals surface area contributed by atoms with E-state index >= 15 is 0 Å². The lowest BCUT2D eigenvalue weighted by atomic mass is 10.1. The Morgan fingerprint density at radius 1 is 1.60 bits per heavy atom. The highest BCUT2D eigenvalue weighted by Gasteiger charge is 2.48. The van der Waals surface area contributed by atoms with Crippen LogP contribution in [0.25, 0.3) is 0 Å². The predicted molar refractivity (Wildman–Crippen MR) is 62.2 cm³/mol. The largest absolute Gasteiger partial charge is 0.469 e. The zero-order valence-corrected chi connectivity index (χ0v) is 10.5. The number of thioether (sulfide) groups is 1. The normalized spacial score (nSPS) is 40.6. The number of carbonyl (C=O) groups excluding carboxylic acids is 1. The van der Waals surface area contributed by atoms with E-state index in [2.05, 4.69) is 0 Å². The minimum Gasteiger partial charge on any atom is -0.469 e. The topological polar surface area (TPSA) is 43.4 Å². The first kappa shape index (κ1) is 11.5. The van der Waals surface area contributed by atoms with Gasteiger partial charge >= 0.3 is 5.97 Å². The molecular weight excluding hydrogens is 232 g/mol.